The number of benzene rings is 2. The molecule has 1 aliphatic rings. The molecule has 2 heterocycles. The molecule has 3 aromatic rings. The van der Waals surface area contributed by atoms with Gasteiger partial charge >= 0.3 is 5.97 Å². The number of nitrogens with zero attached hydrogens (tertiary/aromatic N) is 2. The number of carboxylic acids is 1. The van der Waals surface area contributed by atoms with Crippen molar-refractivity contribution in [2.24, 2.45) is 0 Å². The third kappa shape index (κ3) is 3.59. The van der Waals surface area contributed by atoms with Gasteiger partial charge in [-0.15, -0.1) is 0 Å². The van der Waals surface area contributed by atoms with Crippen LogP contribution >= 0.6 is 11.9 Å². The van der Waals surface area contributed by atoms with Gasteiger partial charge in [-0.1, -0.05) is 18.2 Å². The Morgan fingerprint density at radius 2 is 2.00 bits per heavy atom. The molecule has 0 saturated heterocycles. The molecule has 1 aliphatic heterocycles. The zero-order chi connectivity index (χ0) is 19.0. The Morgan fingerprint density at radius 1 is 1.26 bits per heavy atom. The Bertz CT molecular complexity index is 984. The minimum absolute atomic E-state index is 0.0632. The molecule has 6 heteroatoms. The van der Waals surface area contributed by atoms with Crippen molar-refractivity contribution < 1.29 is 14.3 Å². The minimum atomic E-state index is -0.791. The van der Waals surface area contributed by atoms with Gasteiger partial charge in [0.15, 0.2) is 0 Å². The van der Waals surface area contributed by atoms with Crippen molar-refractivity contribution in [3.8, 4) is 0 Å². The zero-order valence-corrected chi connectivity index (χ0v) is 15.9. The van der Waals surface area contributed by atoms with Crippen LogP contribution in [0.3, 0.4) is 0 Å². The summed E-state index contributed by atoms with van der Waals surface area (Å²) in [6.07, 6.45) is 1.89. The van der Waals surface area contributed by atoms with Crippen molar-refractivity contribution in [2.45, 2.75) is 36.7 Å². The standard InChI is InChI=1S/C21H21FN2O2S/c1-23(27-16-9-6-14(22)7-10-16)15-8-11-20-18(12-21(25)26)17-4-2-3-5-19(17)24(20)13-15/h2-7,9-10,15H,8,11-13H2,1H3,(H,25,26)/t15-/m1/s1. The van der Waals surface area contributed by atoms with Gasteiger partial charge in [-0.2, -0.15) is 0 Å². The summed E-state index contributed by atoms with van der Waals surface area (Å²) in [6.45, 7) is 0.820. The number of hydrogen-bond donors (Lipinski definition) is 1. The molecule has 1 N–H and O–H groups in total. The van der Waals surface area contributed by atoms with Crippen LogP contribution in [0, 0.1) is 5.82 Å². The van der Waals surface area contributed by atoms with Crippen molar-refractivity contribution in [1.82, 2.24) is 8.87 Å². The van der Waals surface area contributed by atoms with E-state index >= 15 is 0 Å². The number of hydrogen-bond acceptors (Lipinski definition) is 3. The minimum Gasteiger partial charge on any atom is -0.481 e. The van der Waals surface area contributed by atoms with E-state index in [2.05, 4.69) is 22.0 Å². The van der Waals surface area contributed by atoms with Crippen LogP contribution in [0.15, 0.2) is 53.4 Å². The molecule has 4 nitrogen and oxygen atoms in total. The van der Waals surface area contributed by atoms with Gasteiger partial charge in [0.2, 0.25) is 0 Å². The van der Waals surface area contributed by atoms with E-state index < -0.39 is 5.97 Å². The number of aromatic nitrogens is 1. The van der Waals surface area contributed by atoms with Gasteiger partial charge < -0.3 is 9.67 Å². The van der Waals surface area contributed by atoms with Crippen molar-refractivity contribution in [3.05, 3.63) is 65.6 Å². The number of rotatable bonds is 5. The van der Waals surface area contributed by atoms with E-state index in [9.17, 15) is 14.3 Å². The summed E-state index contributed by atoms with van der Waals surface area (Å²) >= 11 is 1.62. The van der Waals surface area contributed by atoms with E-state index in [1.165, 1.54) is 12.1 Å². The van der Waals surface area contributed by atoms with Crippen molar-refractivity contribution in [2.75, 3.05) is 7.05 Å². The fourth-order valence-electron chi connectivity index (χ4n) is 3.91. The molecule has 0 saturated carbocycles. The first-order chi connectivity index (χ1) is 13.0. The summed E-state index contributed by atoms with van der Waals surface area (Å²) in [6, 6.07) is 14.9. The second kappa shape index (κ2) is 7.37. The monoisotopic (exact) mass is 384 g/mol. The Labute approximate surface area is 161 Å². The van der Waals surface area contributed by atoms with Crippen LogP contribution in [0.25, 0.3) is 10.9 Å². The lowest BCUT2D eigenvalue weighted by molar-refractivity contribution is -0.136. The van der Waals surface area contributed by atoms with Crippen LogP contribution in [0.2, 0.25) is 0 Å². The number of aliphatic carboxylic acids is 1. The molecule has 0 fully saturated rings. The molecule has 2 aromatic carbocycles. The number of fused-ring (bicyclic) bond motifs is 3. The fraction of sp³-hybridized carbons (Fsp3) is 0.286. The maximum Gasteiger partial charge on any atom is 0.307 e. The molecule has 0 amide bonds. The Kier molecular flexibility index (Phi) is 4.93. The number of carbonyl (C=O) groups is 1. The van der Waals surface area contributed by atoms with E-state index in [4.69, 9.17) is 0 Å². The van der Waals surface area contributed by atoms with E-state index in [1.807, 2.05) is 18.2 Å². The third-order valence-corrected chi connectivity index (χ3v) is 6.28. The Morgan fingerprint density at radius 3 is 2.74 bits per heavy atom. The van der Waals surface area contributed by atoms with Crippen LogP contribution < -0.4 is 0 Å². The molecular weight excluding hydrogens is 363 g/mol. The lowest BCUT2D eigenvalue weighted by Gasteiger charge is -2.32. The smallest absolute Gasteiger partial charge is 0.307 e. The van der Waals surface area contributed by atoms with Crippen LogP contribution in [0.5, 0.6) is 0 Å². The molecule has 0 bridgehead atoms. The van der Waals surface area contributed by atoms with Gasteiger partial charge in [0.25, 0.3) is 0 Å². The topological polar surface area (TPSA) is 45.5 Å². The van der Waals surface area contributed by atoms with Crippen LogP contribution in [0.4, 0.5) is 4.39 Å². The average molecular weight is 384 g/mol. The van der Waals surface area contributed by atoms with Gasteiger partial charge in [-0.3, -0.25) is 4.79 Å². The predicted octanol–water partition coefficient (Wildman–Crippen LogP) is 4.36. The van der Waals surface area contributed by atoms with E-state index in [-0.39, 0.29) is 12.2 Å². The maximum atomic E-state index is 13.1. The van der Waals surface area contributed by atoms with E-state index in [0.717, 1.165) is 46.4 Å². The van der Waals surface area contributed by atoms with Crippen LogP contribution in [0.1, 0.15) is 17.7 Å². The summed E-state index contributed by atoms with van der Waals surface area (Å²) in [4.78, 5) is 12.4. The molecule has 140 valence electrons. The molecular formula is C21H21FN2O2S. The lowest BCUT2D eigenvalue weighted by atomic mass is 10.0. The zero-order valence-electron chi connectivity index (χ0n) is 15.1. The Balaban J connectivity index is 1.61. The highest BCUT2D eigenvalue weighted by atomic mass is 32.2. The highest BCUT2D eigenvalue weighted by Crippen LogP contribution is 2.34. The first-order valence-corrected chi connectivity index (χ1v) is 9.77. The van der Waals surface area contributed by atoms with Crippen LogP contribution in [-0.4, -0.2) is 33.0 Å². The largest absolute Gasteiger partial charge is 0.481 e. The van der Waals surface area contributed by atoms with Gasteiger partial charge in [-0.25, -0.2) is 8.70 Å². The highest BCUT2D eigenvalue weighted by molar-refractivity contribution is 7.97. The third-order valence-electron chi connectivity index (χ3n) is 5.21. The molecule has 1 atom stereocenters. The second-order valence-corrected chi connectivity index (χ2v) is 8.14. The molecule has 1 aromatic heterocycles. The SMILES string of the molecule is CN(Sc1ccc(F)cc1)[C@@H]1CCc2c(CC(=O)O)c3ccccc3n2C1. The molecule has 4 rings (SSSR count). The summed E-state index contributed by atoms with van der Waals surface area (Å²) < 4.78 is 17.6. The first-order valence-electron chi connectivity index (χ1n) is 9.00. The maximum absolute atomic E-state index is 13.1. The lowest BCUT2D eigenvalue weighted by Crippen LogP contribution is -2.35. The first kappa shape index (κ1) is 18.1. The van der Waals surface area contributed by atoms with E-state index in [1.54, 1.807) is 24.1 Å². The van der Waals surface area contributed by atoms with Gasteiger partial charge in [0.05, 0.1) is 6.42 Å². The summed E-state index contributed by atoms with van der Waals surface area (Å²) in [5.74, 6) is -1.02. The average Bonchev–Trinajstić information content (AvgIpc) is 2.97. The highest BCUT2D eigenvalue weighted by Gasteiger charge is 2.27. The number of para-hydroxylation sites is 1. The summed E-state index contributed by atoms with van der Waals surface area (Å²) in [7, 11) is 2.06. The molecule has 0 aliphatic carbocycles. The van der Waals surface area contributed by atoms with Crippen molar-refractivity contribution >= 4 is 28.8 Å². The molecule has 0 radical (unpaired) electrons. The summed E-state index contributed by atoms with van der Waals surface area (Å²) in [5, 5.41) is 10.4. The Hall–Kier alpha value is -2.31. The van der Waals surface area contributed by atoms with E-state index in [0.29, 0.717) is 6.04 Å². The number of carboxylic acid groups (broad SMARTS) is 1. The molecule has 0 spiro atoms. The van der Waals surface area contributed by atoms with Crippen molar-refractivity contribution in [3.63, 3.8) is 0 Å². The predicted molar refractivity (Wildman–Crippen MR) is 105 cm³/mol. The molecule has 27 heavy (non-hydrogen) atoms. The fourth-order valence-corrected chi connectivity index (χ4v) is 4.82. The van der Waals surface area contributed by atoms with Gasteiger partial charge in [0.1, 0.15) is 5.82 Å². The normalized spacial score (nSPS) is 16.6. The summed E-state index contributed by atoms with van der Waals surface area (Å²) in [5.41, 5.74) is 3.20. The van der Waals surface area contributed by atoms with Crippen molar-refractivity contribution in [1.29, 1.82) is 0 Å². The number of halogens is 1. The van der Waals surface area contributed by atoms with Crippen LogP contribution in [-0.2, 0) is 24.2 Å². The number of likely N-dealkylation sites (N-methyl/N-ethyl adjacent to an activating group) is 1. The molecule has 0 unspecified atom stereocenters. The van der Waals surface area contributed by atoms with Gasteiger partial charge in [0, 0.05) is 34.1 Å². The van der Waals surface area contributed by atoms with Gasteiger partial charge in [-0.05, 0) is 67.7 Å². The second-order valence-electron chi connectivity index (χ2n) is 6.91. The quantitative estimate of drug-likeness (QED) is 0.664.